The van der Waals surface area contributed by atoms with E-state index in [0.717, 1.165) is 20.8 Å². The Kier molecular flexibility index (Phi) is 4.03. The molecule has 2 heterocycles. The summed E-state index contributed by atoms with van der Waals surface area (Å²) >= 11 is 4.96. The number of halogens is 1. The summed E-state index contributed by atoms with van der Waals surface area (Å²) in [6.45, 7) is 2.43. The van der Waals surface area contributed by atoms with Crippen molar-refractivity contribution < 1.29 is 4.79 Å². The number of hydrogen-bond acceptors (Lipinski definition) is 4. The molecule has 2 rings (SSSR count). The van der Waals surface area contributed by atoms with E-state index in [-0.39, 0.29) is 11.6 Å². The summed E-state index contributed by atoms with van der Waals surface area (Å²) in [5.74, 6) is -0.257. The van der Waals surface area contributed by atoms with Crippen molar-refractivity contribution in [3.05, 3.63) is 32.2 Å². The molecule has 18 heavy (non-hydrogen) atoms. The number of anilines is 1. The van der Waals surface area contributed by atoms with Gasteiger partial charge in [0.05, 0.1) is 21.7 Å². The third-order valence-corrected chi connectivity index (χ3v) is 4.13. The lowest BCUT2D eigenvalue weighted by atomic mass is 10.2. The van der Waals surface area contributed by atoms with Crippen molar-refractivity contribution in [2.24, 2.45) is 0 Å². The SMILES string of the molecule is CCc1[nH]nc(C(=O)NCc2ccc(Br)s2)c1N. The number of aromatic nitrogens is 2. The van der Waals surface area contributed by atoms with Crippen molar-refractivity contribution in [1.82, 2.24) is 15.5 Å². The predicted molar refractivity (Wildman–Crippen MR) is 75.6 cm³/mol. The van der Waals surface area contributed by atoms with Crippen molar-refractivity contribution in [2.75, 3.05) is 5.73 Å². The van der Waals surface area contributed by atoms with Gasteiger partial charge in [0.2, 0.25) is 0 Å². The Bertz CT molecular complexity index is 563. The highest BCUT2D eigenvalue weighted by Gasteiger charge is 2.16. The van der Waals surface area contributed by atoms with Crippen LogP contribution in [0.25, 0.3) is 0 Å². The molecule has 0 aliphatic carbocycles. The molecule has 0 atom stereocenters. The van der Waals surface area contributed by atoms with E-state index in [0.29, 0.717) is 12.2 Å². The van der Waals surface area contributed by atoms with E-state index in [2.05, 4.69) is 31.4 Å². The molecule has 4 N–H and O–H groups in total. The van der Waals surface area contributed by atoms with Gasteiger partial charge in [-0.1, -0.05) is 6.92 Å². The standard InChI is InChI=1S/C11H13BrN4OS/c1-2-7-9(13)10(16-15-7)11(17)14-5-6-3-4-8(12)18-6/h3-4H,2,5,13H2,1H3,(H,14,17)(H,15,16). The molecule has 0 saturated carbocycles. The van der Waals surface area contributed by atoms with Crippen molar-refractivity contribution in [3.63, 3.8) is 0 Å². The van der Waals surface area contributed by atoms with Crippen LogP contribution in [-0.2, 0) is 13.0 Å². The van der Waals surface area contributed by atoms with Gasteiger partial charge in [0.25, 0.3) is 5.91 Å². The number of thiophene rings is 1. The average molecular weight is 329 g/mol. The number of nitrogens with one attached hydrogen (secondary N) is 2. The van der Waals surface area contributed by atoms with E-state index >= 15 is 0 Å². The topological polar surface area (TPSA) is 83.8 Å². The molecule has 5 nitrogen and oxygen atoms in total. The number of nitrogens with zero attached hydrogens (tertiary/aromatic N) is 1. The molecule has 0 aliphatic rings. The maximum Gasteiger partial charge on any atom is 0.274 e. The average Bonchev–Trinajstić information content (AvgIpc) is 2.92. The summed E-state index contributed by atoms with van der Waals surface area (Å²) in [5, 5.41) is 9.50. The van der Waals surface area contributed by atoms with Crippen LogP contribution in [0.4, 0.5) is 5.69 Å². The number of carbonyl (C=O) groups is 1. The third-order valence-electron chi connectivity index (χ3n) is 2.50. The Morgan fingerprint density at radius 2 is 2.39 bits per heavy atom. The molecule has 0 radical (unpaired) electrons. The van der Waals surface area contributed by atoms with Gasteiger partial charge in [-0.05, 0) is 34.5 Å². The van der Waals surface area contributed by atoms with Crippen LogP contribution in [0.3, 0.4) is 0 Å². The zero-order valence-electron chi connectivity index (χ0n) is 9.79. The molecule has 0 aromatic carbocycles. The maximum atomic E-state index is 11.9. The molecule has 1 amide bonds. The number of hydrogen-bond donors (Lipinski definition) is 3. The first-order valence-electron chi connectivity index (χ1n) is 5.47. The highest BCUT2D eigenvalue weighted by atomic mass is 79.9. The molecular formula is C11H13BrN4OS. The van der Waals surface area contributed by atoms with Gasteiger partial charge in [-0.15, -0.1) is 11.3 Å². The van der Waals surface area contributed by atoms with Gasteiger partial charge in [-0.2, -0.15) is 5.10 Å². The monoisotopic (exact) mass is 328 g/mol. The van der Waals surface area contributed by atoms with Gasteiger partial charge < -0.3 is 11.1 Å². The second kappa shape index (κ2) is 5.53. The quantitative estimate of drug-likeness (QED) is 0.805. The molecular weight excluding hydrogens is 316 g/mol. The molecule has 0 unspecified atom stereocenters. The summed E-state index contributed by atoms with van der Waals surface area (Å²) in [6.07, 6.45) is 0.726. The summed E-state index contributed by atoms with van der Waals surface area (Å²) < 4.78 is 1.04. The number of aryl methyl sites for hydroxylation is 1. The van der Waals surface area contributed by atoms with Crippen molar-refractivity contribution in [2.45, 2.75) is 19.9 Å². The molecule has 0 fully saturated rings. The summed E-state index contributed by atoms with van der Waals surface area (Å²) in [4.78, 5) is 13.0. The van der Waals surface area contributed by atoms with Crippen LogP contribution in [0.5, 0.6) is 0 Å². The van der Waals surface area contributed by atoms with Crippen LogP contribution in [0.15, 0.2) is 15.9 Å². The Hall–Kier alpha value is -1.34. The number of nitrogens with two attached hydrogens (primary N) is 1. The number of H-pyrrole nitrogens is 1. The molecule has 0 bridgehead atoms. The minimum atomic E-state index is -0.257. The fourth-order valence-electron chi connectivity index (χ4n) is 1.53. The van der Waals surface area contributed by atoms with Gasteiger partial charge in [0.1, 0.15) is 0 Å². The lowest BCUT2D eigenvalue weighted by Crippen LogP contribution is -2.23. The van der Waals surface area contributed by atoms with Crippen LogP contribution in [-0.4, -0.2) is 16.1 Å². The fourth-order valence-corrected chi connectivity index (χ4v) is 2.95. The first-order chi connectivity index (χ1) is 8.61. The normalized spacial score (nSPS) is 10.6. The van der Waals surface area contributed by atoms with Gasteiger partial charge in [-0.3, -0.25) is 9.89 Å². The third kappa shape index (κ3) is 2.73. The van der Waals surface area contributed by atoms with Crippen molar-refractivity contribution >= 4 is 38.9 Å². The molecule has 2 aromatic rings. The minimum Gasteiger partial charge on any atom is -0.395 e. The Morgan fingerprint density at radius 3 is 2.94 bits per heavy atom. The van der Waals surface area contributed by atoms with E-state index in [4.69, 9.17) is 5.73 Å². The van der Waals surface area contributed by atoms with E-state index in [1.54, 1.807) is 11.3 Å². The first-order valence-corrected chi connectivity index (χ1v) is 7.08. The number of amides is 1. The van der Waals surface area contributed by atoms with Crippen LogP contribution >= 0.6 is 27.3 Å². The van der Waals surface area contributed by atoms with E-state index in [9.17, 15) is 4.79 Å². The number of rotatable bonds is 4. The van der Waals surface area contributed by atoms with E-state index in [1.165, 1.54) is 0 Å². The number of aromatic amines is 1. The maximum absolute atomic E-state index is 11.9. The van der Waals surface area contributed by atoms with Crippen LogP contribution in [0, 0.1) is 0 Å². The van der Waals surface area contributed by atoms with Crippen LogP contribution in [0.2, 0.25) is 0 Å². The zero-order chi connectivity index (χ0) is 13.1. The largest absolute Gasteiger partial charge is 0.395 e. The number of carbonyl (C=O) groups excluding carboxylic acids is 1. The van der Waals surface area contributed by atoms with E-state index in [1.807, 2.05) is 19.1 Å². The second-order valence-corrected chi connectivity index (χ2v) is 6.25. The van der Waals surface area contributed by atoms with Crippen molar-refractivity contribution in [1.29, 1.82) is 0 Å². The predicted octanol–water partition coefficient (Wildman–Crippen LogP) is 2.31. The van der Waals surface area contributed by atoms with E-state index < -0.39 is 0 Å². The summed E-state index contributed by atoms with van der Waals surface area (Å²) in [5.41, 5.74) is 7.32. The lowest BCUT2D eigenvalue weighted by molar-refractivity contribution is 0.0947. The molecule has 2 aromatic heterocycles. The van der Waals surface area contributed by atoms with Gasteiger partial charge in [-0.25, -0.2) is 0 Å². The number of nitrogen functional groups attached to an aromatic ring is 1. The summed E-state index contributed by atoms with van der Waals surface area (Å²) in [7, 11) is 0. The van der Waals surface area contributed by atoms with Gasteiger partial charge in [0, 0.05) is 4.88 Å². The highest BCUT2D eigenvalue weighted by Crippen LogP contribution is 2.22. The Morgan fingerprint density at radius 1 is 1.61 bits per heavy atom. The lowest BCUT2D eigenvalue weighted by Gasteiger charge is -2.01. The first kappa shape index (κ1) is 13.1. The smallest absolute Gasteiger partial charge is 0.274 e. The van der Waals surface area contributed by atoms with Gasteiger partial charge >= 0.3 is 0 Å². The molecule has 96 valence electrons. The van der Waals surface area contributed by atoms with Crippen molar-refractivity contribution in [3.8, 4) is 0 Å². The Balaban J connectivity index is 2.01. The second-order valence-electron chi connectivity index (χ2n) is 3.71. The molecule has 0 spiro atoms. The Labute approximate surface area is 117 Å². The highest BCUT2D eigenvalue weighted by molar-refractivity contribution is 9.11. The molecule has 7 heteroatoms. The van der Waals surface area contributed by atoms with Crippen LogP contribution < -0.4 is 11.1 Å². The minimum absolute atomic E-state index is 0.257. The van der Waals surface area contributed by atoms with Gasteiger partial charge in [0.15, 0.2) is 5.69 Å². The fraction of sp³-hybridized carbons (Fsp3) is 0.273. The zero-order valence-corrected chi connectivity index (χ0v) is 12.2. The van der Waals surface area contributed by atoms with Crippen LogP contribution in [0.1, 0.15) is 28.0 Å². The molecule has 0 saturated heterocycles. The molecule has 0 aliphatic heterocycles. The summed E-state index contributed by atoms with van der Waals surface area (Å²) in [6, 6.07) is 3.91.